The SMILES string of the molecule is C1[N]CC2CC1CN2. The zero-order valence-corrected chi connectivity index (χ0v) is 4.93. The van der Waals surface area contributed by atoms with E-state index in [9.17, 15) is 0 Å². The third kappa shape index (κ3) is 0.644. The van der Waals surface area contributed by atoms with Gasteiger partial charge in [-0.25, -0.2) is 5.32 Å². The molecule has 0 aromatic rings. The number of fused-ring (bicyclic) bond motifs is 2. The highest BCUT2D eigenvalue weighted by atomic mass is 15.1. The number of hydrogen-bond donors (Lipinski definition) is 1. The van der Waals surface area contributed by atoms with Crippen molar-refractivity contribution in [2.24, 2.45) is 5.92 Å². The molecular weight excluding hydrogens is 100 g/mol. The maximum atomic E-state index is 4.34. The molecule has 2 unspecified atom stereocenters. The maximum absolute atomic E-state index is 4.34. The van der Waals surface area contributed by atoms with Crippen molar-refractivity contribution in [2.75, 3.05) is 19.6 Å². The molecule has 2 rings (SSSR count). The first-order valence-electron chi connectivity index (χ1n) is 3.32. The maximum Gasteiger partial charge on any atom is 0.0287 e. The van der Waals surface area contributed by atoms with Crippen LogP contribution in [0.25, 0.3) is 0 Å². The summed E-state index contributed by atoms with van der Waals surface area (Å²) in [6, 6.07) is 0.744. The Morgan fingerprint density at radius 2 is 2.38 bits per heavy atom. The van der Waals surface area contributed by atoms with Crippen LogP contribution in [0.3, 0.4) is 0 Å². The van der Waals surface area contributed by atoms with E-state index in [1.165, 1.54) is 13.0 Å². The van der Waals surface area contributed by atoms with Gasteiger partial charge in [-0.05, 0) is 18.9 Å². The lowest BCUT2D eigenvalue weighted by molar-refractivity contribution is 0.422. The van der Waals surface area contributed by atoms with Crippen LogP contribution in [-0.4, -0.2) is 25.7 Å². The van der Waals surface area contributed by atoms with Gasteiger partial charge in [0.1, 0.15) is 0 Å². The fourth-order valence-electron chi connectivity index (χ4n) is 1.59. The molecule has 2 atom stereocenters. The van der Waals surface area contributed by atoms with E-state index in [1.807, 2.05) is 0 Å². The van der Waals surface area contributed by atoms with Gasteiger partial charge in [0.15, 0.2) is 0 Å². The van der Waals surface area contributed by atoms with Gasteiger partial charge in [-0.1, -0.05) is 0 Å². The molecule has 0 amide bonds. The van der Waals surface area contributed by atoms with Gasteiger partial charge in [0.05, 0.1) is 0 Å². The molecule has 1 N–H and O–H groups in total. The Bertz CT molecular complexity index is 78.5. The molecule has 2 heterocycles. The zero-order chi connectivity index (χ0) is 5.40. The molecule has 0 aromatic carbocycles. The summed E-state index contributed by atoms with van der Waals surface area (Å²) in [6.07, 6.45) is 1.38. The Labute approximate surface area is 49.7 Å². The molecule has 2 heteroatoms. The summed E-state index contributed by atoms with van der Waals surface area (Å²) in [5.74, 6) is 0.883. The minimum absolute atomic E-state index is 0.744. The smallest absolute Gasteiger partial charge is 0.0287 e. The summed E-state index contributed by atoms with van der Waals surface area (Å²) in [6.45, 7) is 3.40. The van der Waals surface area contributed by atoms with Crippen molar-refractivity contribution in [1.82, 2.24) is 10.6 Å². The number of nitrogens with one attached hydrogen (secondary N) is 1. The van der Waals surface area contributed by atoms with Gasteiger partial charge in [0.25, 0.3) is 0 Å². The highest BCUT2D eigenvalue weighted by Crippen LogP contribution is 2.16. The summed E-state index contributed by atoms with van der Waals surface area (Å²) < 4.78 is 0. The van der Waals surface area contributed by atoms with Gasteiger partial charge in [-0.15, -0.1) is 0 Å². The van der Waals surface area contributed by atoms with Crippen molar-refractivity contribution in [2.45, 2.75) is 12.5 Å². The molecule has 45 valence electrons. The van der Waals surface area contributed by atoms with Crippen molar-refractivity contribution in [1.29, 1.82) is 0 Å². The Kier molecular flexibility index (Phi) is 1.02. The van der Waals surface area contributed by atoms with E-state index in [0.29, 0.717) is 0 Å². The van der Waals surface area contributed by atoms with Crippen LogP contribution in [0.5, 0.6) is 0 Å². The predicted octanol–water partition coefficient (Wildman–Crippen LogP) is -0.417. The third-order valence-corrected chi connectivity index (χ3v) is 2.05. The Morgan fingerprint density at radius 3 is 3.12 bits per heavy atom. The molecule has 2 nitrogen and oxygen atoms in total. The zero-order valence-electron chi connectivity index (χ0n) is 4.93. The number of nitrogens with zero attached hydrogens (tertiary/aromatic N) is 1. The van der Waals surface area contributed by atoms with Crippen LogP contribution >= 0.6 is 0 Å². The second-order valence-corrected chi connectivity index (χ2v) is 2.80. The third-order valence-electron chi connectivity index (χ3n) is 2.05. The van der Waals surface area contributed by atoms with Crippen molar-refractivity contribution in [3.05, 3.63) is 0 Å². The monoisotopic (exact) mass is 111 g/mol. The predicted molar refractivity (Wildman–Crippen MR) is 31.8 cm³/mol. The first-order valence-corrected chi connectivity index (χ1v) is 3.32. The number of rotatable bonds is 0. The van der Waals surface area contributed by atoms with E-state index in [1.54, 1.807) is 0 Å². The van der Waals surface area contributed by atoms with Crippen LogP contribution in [0, 0.1) is 5.92 Å². The van der Waals surface area contributed by atoms with Crippen LogP contribution in [0.2, 0.25) is 0 Å². The van der Waals surface area contributed by atoms with Crippen LogP contribution < -0.4 is 10.6 Å². The van der Waals surface area contributed by atoms with Crippen LogP contribution in [0.4, 0.5) is 0 Å². The number of piperidine rings is 1. The molecule has 0 aromatic heterocycles. The highest BCUT2D eigenvalue weighted by Gasteiger charge is 2.27. The van der Waals surface area contributed by atoms with E-state index < -0.39 is 0 Å². The lowest BCUT2D eigenvalue weighted by Crippen LogP contribution is -2.32. The molecule has 0 aliphatic carbocycles. The normalized spacial score (nSPS) is 45.0. The summed E-state index contributed by atoms with van der Waals surface area (Å²) in [7, 11) is 0. The molecule has 2 bridgehead atoms. The van der Waals surface area contributed by atoms with Gasteiger partial charge >= 0.3 is 0 Å². The highest BCUT2D eigenvalue weighted by molar-refractivity contribution is 4.88. The van der Waals surface area contributed by atoms with Gasteiger partial charge in [-0.2, -0.15) is 0 Å². The standard InChI is InChI=1S/C6H11N2/c1-5-2-7-4-6(1)8-3-5/h5-6,8H,1-4H2. The molecule has 1 radical (unpaired) electrons. The lowest BCUT2D eigenvalue weighted by Gasteiger charge is -2.15. The van der Waals surface area contributed by atoms with Gasteiger partial charge in [-0.3, -0.25) is 0 Å². The Morgan fingerprint density at radius 1 is 1.38 bits per heavy atom. The van der Waals surface area contributed by atoms with Crippen molar-refractivity contribution < 1.29 is 0 Å². The molecule has 2 fully saturated rings. The first kappa shape index (κ1) is 4.77. The second-order valence-electron chi connectivity index (χ2n) is 2.80. The first-order chi connectivity index (χ1) is 3.95. The fraction of sp³-hybridized carbons (Fsp3) is 1.00. The summed E-state index contributed by atoms with van der Waals surface area (Å²) in [4.78, 5) is 0. The van der Waals surface area contributed by atoms with E-state index in [0.717, 1.165) is 25.0 Å². The van der Waals surface area contributed by atoms with Crippen molar-refractivity contribution in [3.8, 4) is 0 Å². The summed E-state index contributed by atoms with van der Waals surface area (Å²) in [5.41, 5.74) is 0. The van der Waals surface area contributed by atoms with Gasteiger partial charge in [0, 0.05) is 19.1 Å². The lowest BCUT2D eigenvalue weighted by atomic mass is 10.0. The van der Waals surface area contributed by atoms with Crippen molar-refractivity contribution >= 4 is 0 Å². The van der Waals surface area contributed by atoms with Crippen LogP contribution in [0.15, 0.2) is 0 Å². The average molecular weight is 111 g/mol. The molecule has 2 aliphatic rings. The average Bonchev–Trinajstić information content (AvgIpc) is 2.12. The number of hydrogen-bond acceptors (Lipinski definition) is 1. The van der Waals surface area contributed by atoms with Gasteiger partial charge < -0.3 is 5.32 Å². The minimum atomic E-state index is 0.744. The van der Waals surface area contributed by atoms with Crippen molar-refractivity contribution in [3.63, 3.8) is 0 Å². The van der Waals surface area contributed by atoms with E-state index in [2.05, 4.69) is 10.6 Å². The molecule has 2 saturated heterocycles. The topological polar surface area (TPSA) is 26.1 Å². The summed E-state index contributed by atoms with van der Waals surface area (Å²) in [5, 5.41) is 7.76. The van der Waals surface area contributed by atoms with Crippen LogP contribution in [0.1, 0.15) is 6.42 Å². The Hall–Kier alpha value is -0.0800. The van der Waals surface area contributed by atoms with E-state index in [-0.39, 0.29) is 0 Å². The van der Waals surface area contributed by atoms with E-state index >= 15 is 0 Å². The Balaban J connectivity index is 2.03. The fourth-order valence-corrected chi connectivity index (χ4v) is 1.59. The second kappa shape index (κ2) is 1.71. The molecule has 8 heavy (non-hydrogen) atoms. The quantitative estimate of drug-likeness (QED) is 0.451. The molecule has 0 spiro atoms. The molecule has 2 aliphatic heterocycles. The summed E-state index contributed by atoms with van der Waals surface area (Å²) >= 11 is 0. The minimum Gasteiger partial charge on any atom is -0.312 e. The van der Waals surface area contributed by atoms with E-state index in [4.69, 9.17) is 0 Å². The van der Waals surface area contributed by atoms with Crippen LogP contribution in [-0.2, 0) is 0 Å². The van der Waals surface area contributed by atoms with Gasteiger partial charge in [0.2, 0.25) is 0 Å². The molecular formula is C6H11N2. The largest absolute Gasteiger partial charge is 0.312 e. The molecule has 0 saturated carbocycles.